The number of carbonyl (C=O) groups excluding carboxylic acids is 2. The minimum absolute atomic E-state index is 0.0432. The lowest BCUT2D eigenvalue weighted by molar-refractivity contribution is -0.123. The Kier molecular flexibility index (Phi) is 5.96. The predicted octanol–water partition coefficient (Wildman–Crippen LogP) is 2.75. The molecular weight excluding hydrogens is 436 g/mol. The normalized spacial score (nSPS) is 17.5. The number of anilines is 4. The maximum atomic E-state index is 13.1. The number of benzene rings is 2. The molecule has 1 fully saturated rings. The Morgan fingerprint density at radius 1 is 1.06 bits per heavy atom. The molecule has 2 aliphatic heterocycles. The molecule has 1 saturated heterocycles. The number of nitrogen functional groups attached to an aromatic ring is 1. The maximum absolute atomic E-state index is 13.1. The van der Waals surface area contributed by atoms with Crippen molar-refractivity contribution in [3.05, 3.63) is 60.2 Å². The first-order chi connectivity index (χ1) is 16.6. The van der Waals surface area contributed by atoms with Crippen molar-refractivity contribution in [2.75, 3.05) is 47.6 Å². The zero-order valence-electron chi connectivity index (χ0n) is 18.4. The molecule has 2 aromatic carbocycles. The molecule has 0 radical (unpaired) electrons. The highest BCUT2D eigenvalue weighted by Crippen LogP contribution is 2.36. The lowest BCUT2D eigenvalue weighted by atomic mass is 9.92. The second-order valence-corrected chi connectivity index (χ2v) is 8.00. The molecule has 2 aliphatic rings. The van der Waals surface area contributed by atoms with Crippen LogP contribution in [-0.4, -0.2) is 48.1 Å². The van der Waals surface area contributed by atoms with Gasteiger partial charge < -0.3 is 30.7 Å². The molecular formula is C24H24N6O4. The zero-order valence-corrected chi connectivity index (χ0v) is 18.4. The molecule has 4 N–H and O–H groups in total. The van der Waals surface area contributed by atoms with Crippen LogP contribution in [0.2, 0.25) is 0 Å². The van der Waals surface area contributed by atoms with Crippen LogP contribution in [0.15, 0.2) is 54.6 Å². The summed E-state index contributed by atoms with van der Waals surface area (Å²) < 4.78 is 11.1. The van der Waals surface area contributed by atoms with Gasteiger partial charge in [-0.1, -0.05) is 18.2 Å². The number of para-hydroxylation sites is 1. The first-order valence-electron chi connectivity index (χ1n) is 11.0. The molecule has 1 atom stereocenters. The second-order valence-electron chi connectivity index (χ2n) is 8.00. The third kappa shape index (κ3) is 4.62. The van der Waals surface area contributed by atoms with E-state index in [0.717, 1.165) is 5.75 Å². The number of morpholine rings is 1. The number of amides is 2. The largest absolute Gasteiger partial charge is 0.457 e. The predicted molar refractivity (Wildman–Crippen MR) is 127 cm³/mol. The minimum Gasteiger partial charge on any atom is -0.457 e. The van der Waals surface area contributed by atoms with Crippen LogP contribution in [0.1, 0.15) is 17.9 Å². The Morgan fingerprint density at radius 2 is 1.76 bits per heavy atom. The van der Waals surface area contributed by atoms with Gasteiger partial charge in [-0.25, -0.2) is 0 Å². The molecule has 10 nitrogen and oxygen atoms in total. The first kappa shape index (κ1) is 21.7. The molecule has 5 rings (SSSR count). The van der Waals surface area contributed by atoms with Crippen molar-refractivity contribution in [2.24, 2.45) is 0 Å². The minimum atomic E-state index is -0.803. The van der Waals surface area contributed by atoms with Crippen molar-refractivity contribution in [3.8, 4) is 11.5 Å². The highest BCUT2D eigenvalue weighted by molar-refractivity contribution is 6.05. The molecule has 0 spiro atoms. The van der Waals surface area contributed by atoms with Crippen LogP contribution in [0.3, 0.4) is 0 Å². The summed E-state index contributed by atoms with van der Waals surface area (Å²) in [5.74, 6) is 0.761. The van der Waals surface area contributed by atoms with E-state index in [4.69, 9.17) is 15.2 Å². The van der Waals surface area contributed by atoms with Crippen LogP contribution in [0.5, 0.6) is 11.5 Å². The third-order valence-corrected chi connectivity index (χ3v) is 5.67. The van der Waals surface area contributed by atoms with E-state index in [1.807, 2.05) is 35.2 Å². The number of hydrogen-bond acceptors (Lipinski definition) is 8. The fraction of sp³-hybridized carbons (Fsp3) is 0.250. The quantitative estimate of drug-likeness (QED) is 0.530. The summed E-state index contributed by atoms with van der Waals surface area (Å²) in [7, 11) is 0. The molecule has 174 valence electrons. The number of nitrogens with one attached hydrogen (secondary N) is 2. The van der Waals surface area contributed by atoms with Crippen LogP contribution < -0.4 is 26.0 Å². The van der Waals surface area contributed by atoms with Gasteiger partial charge in [-0.15, -0.1) is 0 Å². The van der Waals surface area contributed by atoms with Crippen LogP contribution >= 0.6 is 0 Å². The lowest BCUT2D eigenvalue weighted by Gasteiger charge is -2.30. The summed E-state index contributed by atoms with van der Waals surface area (Å²) in [6.07, 6.45) is -0.0432. The first-order valence-corrected chi connectivity index (χ1v) is 11.0. The third-order valence-electron chi connectivity index (χ3n) is 5.67. The fourth-order valence-electron chi connectivity index (χ4n) is 3.97. The molecule has 0 saturated carbocycles. The Hall–Kier alpha value is -4.18. The Labute approximate surface area is 196 Å². The second kappa shape index (κ2) is 9.36. The summed E-state index contributed by atoms with van der Waals surface area (Å²) in [5.41, 5.74) is 7.25. The van der Waals surface area contributed by atoms with E-state index in [-0.39, 0.29) is 29.9 Å². The number of rotatable bonds is 5. The average Bonchev–Trinajstić information content (AvgIpc) is 2.85. The number of fused-ring (bicyclic) bond motifs is 1. The topological polar surface area (TPSA) is 132 Å². The molecule has 1 aromatic heterocycles. The molecule has 0 bridgehead atoms. The number of aromatic nitrogens is 2. The summed E-state index contributed by atoms with van der Waals surface area (Å²) >= 11 is 0. The summed E-state index contributed by atoms with van der Waals surface area (Å²) in [5, 5.41) is 5.59. The lowest BCUT2D eigenvalue weighted by Crippen LogP contribution is -2.38. The Balaban J connectivity index is 1.33. The fourth-order valence-corrected chi connectivity index (χ4v) is 3.97. The van der Waals surface area contributed by atoms with Gasteiger partial charge in [0.25, 0.3) is 0 Å². The van der Waals surface area contributed by atoms with Gasteiger partial charge >= 0.3 is 0 Å². The van der Waals surface area contributed by atoms with E-state index in [1.165, 1.54) is 0 Å². The van der Waals surface area contributed by atoms with Crippen molar-refractivity contribution >= 4 is 35.1 Å². The molecule has 3 heterocycles. The molecule has 3 aromatic rings. The number of nitrogens with zero attached hydrogens (tertiary/aromatic N) is 3. The number of nitrogens with two attached hydrogens (primary N) is 1. The van der Waals surface area contributed by atoms with Crippen LogP contribution in [0.4, 0.5) is 23.3 Å². The van der Waals surface area contributed by atoms with Crippen molar-refractivity contribution in [1.82, 2.24) is 9.97 Å². The zero-order chi connectivity index (χ0) is 23.5. The van der Waals surface area contributed by atoms with E-state index in [1.54, 1.807) is 24.3 Å². The van der Waals surface area contributed by atoms with E-state index in [2.05, 4.69) is 20.6 Å². The molecule has 0 unspecified atom stereocenters. The molecule has 10 heteroatoms. The van der Waals surface area contributed by atoms with Crippen molar-refractivity contribution in [3.63, 3.8) is 0 Å². The van der Waals surface area contributed by atoms with E-state index < -0.39 is 5.92 Å². The Morgan fingerprint density at radius 3 is 2.50 bits per heavy atom. The van der Waals surface area contributed by atoms with E-state index in [0.29, 0.717) is 49.3 Å². The van der Waals surface area contributed by atoms with Gasteiger partial charge in [0.05, 0.1) is 24.7 Å². The maximum Gasteiger partial charge on any atom is 0.232 e. The highest BCUT2D eigenvalue weighted by Gasteiger charge is 2.35. The van der Waals surface area contributed by atoms with Crippen LogP contribution in [-0.2, 0) is 14.3 Å². The molecule has 0 aliphatic carbocycles. The highest BCUT2D eigenvalue weighted by atomic mass is 16.5. The van der Waals surface area contributed by atoms with Gasteiger partial charge in [0.15, 0.2) is 0 Å². The van der Waals surface area contributed by atoms with Crippen LogP contribution in [0.25, 0.3) is 0 Å². The van der Waals surface area contributed by atoms with Crippen LogP contribution in [0, 0.1) is 0 Å². The van der Waals surface area contributed by atoms with Gasteiger partial charge in [-0.05, 0) is 36.4 Å². The van der Waals surface area contributed by atoms with Gasteiger partial charge in [0.2, 0.25) is 17.8 Å². The van der Waals surface area contributed by atoms with Crippen molar-refractivity contribution in [2.45, 2.75) is 12.3 Å². The Bertz CT molecular complexity index is 1200. The van der Waals surface area contributed by atoms with Gasteiger partial charge in [0.1, 0.15) is 23.1 Å². The smallest absolute Gasteiger partial charge is 0.232 e. The van der Waals surface area contributed by atoms with Gasteiger partial charge in [-0.3, -0.25) is 9.59 Å². The number of carbonyl (C=O) groups is 2. The van der Waals surface area contributed by atoms with E-state index in [9.17, 15) is 9.59 Å². The van der Waals surface area contributed by atoms with Crippen molar-refractivity contribution < 1.29 is 19.1 Å². The summed E-state index contributed by atoms with van der Waals surface area (Å²) in [6.45, 7) is 2.37. The average molecular weight is 460 g/mol. The molecule has 34 heavy (non-hydrogen) atoms. The standard InChI is InChI=1S/C24H24N6O4/c25-21-20-18(14-19(31)27-22(20)29-24(28-21)30-10-12-33-13-11-30)23(32)26-15-6-8-17(9-7-15)34-16-4-2-1-3-5-16/h1-9,18H,10-14H2,(H,26,32)(H3,25,27,28,29,31)/t18-/m0/s1. The number of ether oxygens (including phenoxy) is 2. The van der Waals surface area contributed by atoms with Gasteiger partial charge in [-0.2, -0.15) is 9.97 Å². The summed E-state index contributed by atoms with van der Waals surface area (Å²) in [6, 6.07) is 16.4. The SMILES string of the molecule is Nc1nc(N2CCOCC2)nc2c1[C@@H](C(=O)Nc1ccc(Oc3ccccc3)cc1)CC(=O)N2. The molecule has 2 amide bonds. The monoisotopic (exact) mass is 460 g/mol. The summed E-state index contributed by atoms with van der Waals surface area (Å²) in [4.78, 5) is 36.3. The van der Waals surface area contributed by atoms with Gasteiger partial charge in [0, 0.05) is 25.2 Å². The number of hydrogen-bond donors (Lipinski definition) is 3. The van der Waals surface area contributed by atoms with E-state index >= 15 is 0 Å². The van der Waals surface area contributed by atoms with Crippen molar-refractivity contribution in [1.29, 1.82) is 0 Å².